The largest absolute Gasteiger partial charge is 0.507 e. The summed E-state index contributed by atoms with van der Waals surface area (Å²) in [6.07, 6.45) is 12.8. The molecule has 0 aromatic carbocycles. The Morgan fingerprint density at radius 1 is 1.14 bits per heavy atom. The minimum atomic E-state index is -1.19. The van der Waals surface area contributed by atoms with Crippen LogP contribution in [0.1, 0.15) is 96.5 Å². The summed E-state index contributed by atoms with van der Waals surface area (Å²) in [7, 11) is 0. The molecule has 0 saturated heterocycles. The second kappa shape index (κ2) is 12.4. The number of allylic oxidation sites excluding steroid dienone is 5. The van der Waals surface area contributed by atoms with Gasteiger partial charge in [-0.2, -0.15) is 0 Å². The van der Waals surface area contributed by atoms with Crippen molar-refractivity contribution in [3.63, 3.8) is 0 Å². The highest BCUT2D eigenvalue weighted by Crippen LogP contribution is 2.30. The Hall–Kier alpha value is -2.07. The molecule has 28 heavy (non-hydrogen) atoms. The fourth-order valence-electron chi connectivity index (χ4n) is 2.96. The second-order valence-corrected chi connectivity index (χ2v) is 7.55. The maximum absolute atomic E-state index is 12.4. The van der Waals surface area contributed by atoms with Gasteiger partial charge in [-0.3, -0.25) is 0 Å². The van der Waals surface area contributed by atoms with Crippen LogP contribution in [0.3, 0.4) is 0 Å². The third-order valence-electron chi connectivity index (χ3n) is 4.84. The van der Waals surface area contributed by atoms with Gasteiger partial charge in [-0.05, 0) is 45.1 Å². The van der Waals surface area contributed by atoms with Crippen LogP contribution in [0.15, 0.2) is 50.7 Å². The second-order valence-electron chi connectivity index (χ2n) is 7.55. The molecule has 2 atom stereocenters. The van der Waals surface area contributed by atoms with Crippen LogP contribution in [0, 0.1) is 0 Å². The molecule has 156 valence electrons. The number of unbranched alkanes of at least 4 members (excludes halogenated alkanes) is 1. The van der Waals surface area contributed by atoms with E-state index in [4.69, 9.17) is 4.42 Å². The predicted octanol–water partition coefficient (Wildman–Crippen LogP) is 6.31. The van der Waals surface area contributed by atoms with Gasteiger partial charge in [0.15, 0.2) is 0 Å². The lowest BCUT2D eigenvalue weighted by Crippen LogP contribution is -2.15. The van der Waals surface area contributed by atoms with E-state index in [2.05, 4.69) is 26.0 Å². The number of aliphatic hydroxyl groups is 1. The molecule has 0 amide bonds. The van der Waals surface area contributed by atoms with Crippen LogP contribution in [0.25, 0.3) is 0 Å². The third-order valence-corrected chi connectivity index (χ3v) is 4.84. The summed E-state index contributed by atoms with van der Waals surface area (Å²) in [5, 5.41) is 20.9. The summed E-state index contributed by atoms with van der Waals surface area (Å²) in [6, 6.07) is 1.46. The number of rotatable bonds is 11. The topological polar surface area (TPSA) is 70.7 Å². The lowest BCUT2D eigenvalue weighted by molar-refractivity contribution is 0.203. The van der Waals surface area contributed by atoms with Crippen LogP contribution in [-0.4, -0.2) is 10.2 Å². The molecule has 0 spiro atoms. The summed E-state index contributed by atoms with van der Waals surface area (Å²) in [5.41, 5.74) is 0.995. The fraction of sp³-hybridized carbons (Fsp3) is 0.542. The Labute approximate surface area is 169 Å². The molecular weight excluding hydrogens is 352 g/mol. The SMILES string of the molecule is CCC/C=C/CCC(C)c1cc(O)c(C(O)/C(C)=C/C=C(\C)CCC)c(=O)o1. The maximum Gasteiger partial charge on any atom is 0.345 e. The summed E-state index contributed by atoms with van der Waals surface area (Å²) in [5.74, 6) is 0.240. The predicted molar refractivity (Wildman–Crippen MR) is 116 cm³/mol. The van der Waals surface area contributed by atoms with Crippen molar-refractivity contribution in [1.82, 2.24) is 0 Å². The van der Waals surface area contributed by atoms with Gasteiger partial charge in [-0.15, -0.1) is 0 Å². The van der Waals surface area contributed by atoms with Crippen LogP contribution < -0.4 is 5.63 Å². The molecule has 0 saturated carbocycles. The van der Waals surface area contributed by atoms with Gasteiger partial charge in [0.25, 0.3) is 0 Å². The summed E-state index contributed by atoms with van der Waals surface area (Å²) < 4.78 is 5.42. The Morgan fingerprint density at radius 2 is 1.82 bits per heavy atom. The van der Waals surface area contributed by atoms with E-state index in [1.165, 1.54) is 11.6 Å². The molecule has 1 aromatic rings. The molecule has 1 rings (SSSR count). The Kier molecular flexibility index (Phi) is 10.6. The third kappa shape index (κ3) is 7.51. The molecule has 0 aliphatic rings. The standard InChI is InChI=1S/C24H36O4/c1-6-8-9-10-11-13-18(4)21-16-20(25)22(24(27)28-21)23(26)19(5)15-14-17(3)12-7-2/h9-10,14-16,18,23,25-26H,6-8,11-13H2,1-5H3/b10-9+,17-14+,19-15+. The summed E-state index contributed by atoms with van der Waals surface area (Å²) in [4.78, 5) is 12.4. The van der Waals surface area contributed by atoms with Gasteiger partial charge in [0.2, 0.25) is 0 Å². The van der Waals surface area contributed by atoms with E-state index in [-0.39, 0.29) is 17.2 Å². The van der Waals surface area contributed by atoms with Crippen molar-refractivity contribution in [1.29, 1.82) is 0 Å². The summed E-state index contributed by atoms with van der Waals surface area (Å²) in [6.45, 7) is 9.97. The van der Waals surface area contributed by atoms with E-state index < -0.39 is 11.7 Å². The quantitative estimate of drug-likeness (QED) is 0.344. The van der Waals surface area contributed by atoms with Crippen LogP contribution in [0.5, 0.6) is 5.75 Å². The number of hydrogen-bond donors (Lipinski definition) is 2. The molecule has 0 bridgehead atoms. The molecule has 2 N–H and O–H groups in total. The van der Waals surface area contributed by atoms with Gasteiger partial charge >= 0.3 is 5.63 Å². The lowest BCUT2D eigenvalue weighted by Gasteiger charge is -2.15. The molecule has 0 radical (unpaired) electrons. The van der Waals surface area contributed by atoms with Crippen molar-refractivity contribution in [2.24, 2.45) is 0 Å². The lowest BCUT2D eigenvalue weighted by atomic mass is 9.98. The van der Waals surface area contributed by atoms with Crippen LogP contribution >= 0.6 is 0 Å². The first-order chi connectivity index (χ1) is 13.3. The van der Waals surface area contributed by atoms with Crippen molar-refractivity contribution >= 4 is 0 Å². The number of hydrogen-bond acceptors (Lipinski definition) is 4. The van der Waals surface area contributed by atoms with Crippen LogP contribution in [0.2, 0.25) is 0 Å². The van der Waals surface area contributed by atoms with E-state index in [1.54, 1.807) is 13.0 Å². The van der Waals surface area contributed by atoms with Crippen LogP contribution in [-0.2, 0) is 0 Å². The van der Waals surface area contributed by atoms with Crippen molar-refractivity contribution in [2.75, 3.05) is 0 Å². The number of aromatic hydroxyl groups is 1. The van der Waals surface area contributed by atoms with Gasteiger partial charge in [0.1, 0.15) is 23.2 Å². The van der Waals surface area contributed by atoms with E-state index >= 15 is 0 Å². The molecule has 4 nitrogen and oxygen atoms in total. The Balaban J connectivity index is 2.94. The first-order valence-electron chi connectivity index (χ1n) is 10.4. The Bertz CT molecular complexity index is 752. The Morgan fingerprint density at radius 3 is 2.43 bits per heavy atom. The maximum atomic E-state index is 12.4. The molecule has 0 fully saturated rings. The highest BCUT2D eigenvalue weighted by atomic mass is 16.4. The van der Waals surface area contributed by atoms with Crippen molar-refractivity contribution < 1.29 is 14.6 Å². The molecule has 1 heterocycles. The number of aliphatic hydroxyl groups excluding tert-OH is 1. The van der Waals surface area contributed by atoms with E-state index in [9.17, 15) is 15.0 Å². The van der Waals surface area contributed by atoms with Crippen molar-refractivity contribution in [3.8, 4) is 5.75 Å². The zero-order valence-electron chi connectivity index (χ0n) is 18.0. The summed E-state index contributed by atoms with van der Waals surface area (Å²) >= 11 is 0. The average molecular weight is 389 g/mol. The molecular formula is C24H36O4. The molecule has 1 aromatic heterocycles. The average Bonchev–Trinajstić information content (AvgIpc) is 2.65. The van der Waals surface area contributed by atoms with Gasteiger partial charge in [-0.25, -0.2) is 4.79 Å². The van der Waals surface area contributed by atoms with Gasteiger partial charge < -0.3 is 14.6 Å². The first-order valence-corrected chi connectivity index (χ1v) is 10.4. The van der Waals surface area contributed by atoms with Gasteiger partial charge in [0.05, 0.1) is 0 Å². The van der Waals surface area contributed by atoms with Gasteiger partial charge in [0, 0.05) is 12.0 Å². The fourth-order valence-corrected chi connectivity index (χ4v) is 2.96. The zero-order valence-corrected chi connectivity index (χ0v) is 18.0. The highest BCUT2D eigenvalue weighted by molar-refractivity contribution is 5.37. The molecule has 0 aliphatic carbocycles. The zero-order chi connectivity index (χ0) is 21.1. The molecule has 4 heteroatoms. The van der Waals surface area contributed by atoms with Crippen molar-refractivity contribution in [2.45, 2.75) is 85.2 Å². The normalized spacial score (nSPS) is 15.2. The smallest absolute Gasteiger partial charge is 0.345 e. The van der Waals surface area contributed by atoms with Crippen LogP contribution in [0.4, 0.5) is 0 Å². The van der Waals surface area contributed by atoms with Crippen molar-refractivity contribution in [3.05, 3.63) is 63.3 Å². The van der Waals surface area contributed by atoms with Gasteiger partial charge in [-0.1, -0.05) is 63.5 Å². The first kappa shape index (κ1) is 24.0. The minimum absolute atomic E-state index is 0.00679. The monoisotopic (exact) mass is 388 g/mol. The highest BCUT2D eigenvalue weighted by Gasteiger charge is 2.22. The molecule has 0 aliphatic heterocycles. The van der Waals surface area contributed by atoms with E-state index in [0.717, 1.165) is 38.5 Å². The molecule has 2 unspecified atom stereocenters. The van der Waals surface area contributed by atoms with E-state index in [0.29, 0.717) is 11.3 Å². The van der Waals surface area contributed by atoms with E-state index in [1.807, 2.05) is 19.9 Å². The minimum Gasteiger partial charge on any atom is -0.507 e.